The number of nitrogens with zero attached hydrogens (tertiary/aromatic N) is 2. The minimum absolute atomic E-state index is 0.164. The SMILES string of the molecule is Cc1oc(-n2cccc2)c(C#N)c1C(=O)N[C@H]1CCOc2ccccc21. The van der Waals surface area contributed by atoms with Gasteiger partial charge in [-0.25, -0.2) is 0 Å². The lowest BCUT2D eigenvalue weighted by molar-refractivity contribution is 0.0923. The van der Waals surface area contributed by atoms with Crippen molar-refractivity contribution in [1.82, 2.24) is 9.88 Å². The Hall–Kier alpha value is -3.46. The first-order chi connectivity index (χ1) is 12.7. The van der Waals surface area contributed by atoms with Crippen LogP contribution < -0.4 is 10.1 Å². The fourth-order valence-corrected chi connectivity index (χ4v) is 3.28. The Morgan fingerprint density at radius 2 is 2.04 bits per heavy atom. The summed E-state index contributed by atoms with van der Waals surface area (Å²) in [4.78, 5) is 12.9. The zero-order valence-corrected chi connectivity index (χ0v) is 14.2. The molecule has 4 rings (SSSR count). The van der Waals surface area contributed by atoms with E-state index in [1.165, 1.54) is 0 Å². The van der Waals surface area contributed by atoms with Crippen LogP contribution in [0.3, 0.4) is 0 Å². The van der Waals surface area contributed by atoms with Crippen molar-refractivity contribution in [3.05, 3.63) is 71.2 Å². The van der Waals surface area contributed by atoms with Gasteiger partial charge in [-0.15, -0.1) is 0 Å². The van der Waals surface area contributed by atoms with Crippen LogP contribution in [-0.4, -0.2) is 17.1 Å². The molecule has 26 heavy (non-hydrogen) atoms. The summed E-state index contributed by atoms with van der Waals surface area (Å²) >= 11 is 0. The van der Waals surface area contributed by atoms with Gasteiger partial charge in [-0.3, -0.25) is 9.36 Å². The van der Waals surface area contributed by atoms with Gasteiger partial charge in [-0.05, 0) is 25.1 Å². The Morgan fingerprint density at radius 3 is 2.81 bits per heavy atom. The standard InChI is InChI=1S/C20H17N3O3/c1-13-18(15(12-21)20(26-13)23-9-4-5-10-23)19(24)22-16-8-11-25-17-7-3-2-6-14(16)17/h2-7,9-10,16H,8,11H2,1H3,(H,22,24)/t16-/m0/s1. The van der Waals surface area contributed by atoms with E-state index in [0.29, 0.717) is 24.7 Å². The number of ether oxygens (including phenoxy) is 1. The molecule has 0 bridgehead atoms. The minimum Gasteiger partial charge on any atom is -0.493 e. The largest absolute Gasteiger partial charge is 0.493 e. The molecule has 1 N–H and O–H groups in total. The van der Waals surface area contributed by atoms with Crippen LogP contribution in [0.2, 0.25) is 0 Å². The molecule has 0 radical (unpaired) electrons. The van der Waals surface area contributed by atoms with Gasteiger partial charge < -0.3 is 14.5 Å². The number of aromatic nitrogens is 1. The van der Waals surface area contributed by atoms with Crippen LogP contribution >= 0.6 is 0 Å². The molecular formula is C20H17N3O3. The van der Waals surface area contributed by atoms with Crippen LogP contribution in [0.4, 0.5) is 0 Å². The molecule has 0 fully saturated rings. The molecule has 1 aliphatic heterocycles. The Bertz CT molecular complexity index is 996. The molecule has 0 saturated carbocycles. The lowest BCUT2D eigenvalue weighted by Crippen LogP contribution is -2.32. The van der Waals surface area contributed by atoms with Gasteiger partial charge in [0.2, 0.25) is 5.88 Å². The molecule has 0 aliphatic carbocycles. The zero-order valence-electron chi connectivity index (χ0n) is 14.2. The van der Waals surface area contributed by atoms with Crippen molar-refractivity contribution in [3.63, 3.8) is 0 Å². The monoisotopic (exact) mass is 347 g/mol. The van der Waals surface area contributed by atoms with E-state index in [1.54, 1.807) is 23.9 Å². The normalized spacial score (nSPS) is 15.6. The van der Waals surface area contributed by atoms with Gasteiger partial charge in [0.15, 0.2) is 0 Å². The Labute approximate surface area is 150 Å². The summed E-state index contributed by atoms with van der Waals surface area (Å²) < 4.78 is 13.0. The van der Waals surface area contributed by atoms with Crippen molar-refractivity contribution in [1.29, 1.82) is 5.26 Å². The van der Waals surface area contributed by atoms with Gasteiger partial charge in [-0.2, -0.15) is 5.26 Å². The first-order valence-electron chi connectivity index (χ1n) is 8.38. The number of hydrogen-bond acceptors (Lipinski definition) is 4. The molecule has 1 atom stereocenters. The number of para-hydroxylation sites is 1. The molecule has 3 heterocycles. The maximum Gasteiger partial charge on any atom is 0.256 e. The number of nitriles is 1. The number of aryl methyl sites for hydroxylation is 1. The van der Waals surface area contributed by atoms with Crippen molar-refractivity contribution in [2.75, 3.05) is 6.61 Å². The smallest absolute Gasteiger partial charge is 0.256 e. The molecule has 3 aromatic rings. The number of nitrogens with one attached hydrogen (secondary N) is 1. The van der Waals surface area contributed by atoms with Crippen LogP contribution in [0.5, 0.6) is 5.75 Å². The van der Waals surface area contributed by atoms with Crippen LogP contribution in [-0.2, 0) is 0 Å². The van der Waals surface area contributed by atoms with Crippen molar-refractivity contribution in [2.45, 2.75) is 19.4 Å². The average molecular weight is 347 g/mol. The predicted molar refractivity (Wildman–Crippen MR) is 94.2 cm³/mol. The van der Waals surface area contributed by atoms with Gasteiger partial charge in [0.1, 0.15) is 28.7 Å². The van der Waals surface area contributed by atoms with Crippen molar-refractivity contribution in [2.24, 2.45) is 0 Å². The highest BCUT2D eigenvalue weighted by atomic mass is 16.5. The second-order valence-corrected chi connectivity index (χ2v) is 6.12. The summed E-state index contributed by atoms with van der Waals surface area (Å²) in [7, 11) is 0. The lowest BCUT2D eigenvalue weighted by Gasteiger charge is -2.26. The zero-order chi connectivity index (χ0) is 18.1. The lowest BCUT2D eigenvalue weighted by atomic mass is 10.00. The first kappa shape index (κ1) is 16.0. The molecule has 0 spiro atoms. The van der Waals surface area contributed by atoms with E-state index in [9.17, 15) is 10.1 Å². The maximum atomic E-state index is 12.9. The minimum atomic E-state index is -0.317. The molecule has 1 aliphatic rings. The summed E-state index contributed by atoms with van der Waals surface area (Å²) in [6.45, 7) is 2.23. The van der Waals surface area contributed by atoms with E-state index in [0.717, 1.165) is 11.3 Å². The third-order valence-electron chi connectivity index (χ3n) is 4.51. The molecule has 0 unspecified atom stereocenters. The van der Waals surface area contributed by atoms with Gasteiger partial charge >= 0.3 is 0 Å². The first-order valence-corrected chi connectivity index (χ1v) is 8.38. The number of carbonyl (C=O) groups excluding carboxylic acids is 1. The number of fused-ring (bicyclic) bond motifs is 1. The summed E-state index contributed by atoms with van der Waals surface area (Å²) in [6, 6.07) is 13.3. The van der Waals surface area contributed by atoms with Gasteiger partial charge in [0.25, 0.3) is 5.91 Å². The fraction of sp³-hybridized carbons (Fsp3) is 0.200. The number of benzene rings is 1. The third-order valence-corrected chi connectivity index (χ3v) is 4.51. The van der Waals surface area contributed by atoms with Crippen molar-refractivity contribution in [3.8, 4) is 17.7 Å². The van der Waals surface area contributed by atoms with E-state index in [2.05, 4.69) is 11.4 Å². The highest BCUT2D eigenvalue weighted by Gasteiger charge is 2.28. The number of carbonyl (C=O) groups is 1. The van der Waals surface area contributed by atoms with E-state index >= 15 is 0 Å². The molecule has 0 saturated heterocycles. The Morgan fingerprint density at radius 1 is 1.27 bits per heavy atom. The average Bonchev–Trinajstić information content (AvgIpc) is 3.29. The molecule has 1 aromatic carbocycles. The highest BCUT2D eigenvalue weighted by molar-refractivity contribution is 5.98. The molecule has 1 amide bonds. The molecule has 6 nitrogen and oxygen atoms in total. The van der Waals surface area contributed by atoms with Crippen LogP contribution in [0, 0.1) is 18.3 Å². The van der Waals surface area contributed by atoms with Gasteiger partial charge in [0, 0.05) is 24.4 Å². The summed E-state index contributed by atoms with van der Waals surface area (Å²) in [5.74, 6) is 1.24. The van der Waals surface area contributed by atoms with Gasteiger partial charge in [0.05, 0.1) is 12.6 Å². The number of hydrogen-bond donors (Lipinski definition) is 1. The second-order valence-electron chi connectivity index (χ2n) is 6.12. The van der Waals surface area contributed by atoms with E-state index in [-0.39, 0.29) is 23.1 Å². The summed E-state index contributed by atoms with van der Waals surface area (Å²) in [6.07, 6.45) is 4.22. The maximum absolute atomic E-state index is 12.9. The van der Waals surface area contributed by atoms with Gasteiger partial charge in [-0.1, -0.05) is 18.2 Å². The van der Waals surface area contributed by atoms with Crippen LogP contribution in [0.25, 0.3) is 5.88 Å². The molecule has 6 heteroatoms. The van der Waals surface area contributed by atoms with E-state index in [1.807, 2.05) is 36.4 Å². The number of amides is 1. The predicted octanol–water partition coefficient (Wildman–Crippen LogP) is 3.50. The molecule has 130 valence electrons. The summed E-state index contributed by atoms with van der Waals surface area (Å²) in [5, 5.41) is 12.6. The second kappa shape index (κ2) is 6.45. The highest BCUT2D eigenvalue weighted by Crippen LogP contribution is 2.32. The topological polar surface area (TPSA) is 80.2 Å². The van der Waals surface area contributed by atoms with Crippen molar-refractivity contribution >= 4 is 5.91 Å². The van der Waals surface area contributed by atoms with E-state index < -0.39 is 0 Å². The molecular weight excluding hydrogens is 330 g/mol. The Balaban J connectivity index is 1.67. The van der Waals surface area contributed by atoms with Crippen LogP contribution in [0.15, 0.2) is 53.2 Å². The fourth-order valence-electron chi connectivity index (χ4n) is 3.28. The Kier molecular flexibility index (Phi) is 3.98. The summed E-state index contributed by atoms with van der Waals surface area (Å²) in [5.41, 5.74) is 1.45. The van der Waals surface area contributed by atoms with Crippen LogP contribution in [0.1, 0.15) is 39.7 Å². The number of furan rings is 1. The molecule has 2 aromatic heterocycles. The van der Waals surface area contributed by atoms with Crippen molar-refractivity contribution < 1.29 is 13.9 Å². The quantitative estimate of drug-likeness (QED) is 0.786. The third kappa shape index (κ3) is 2.64. The number of rotatable bonds is 3. The van der Waals surface area contributed by atoms with E-state index in [4.69, 9.17) is 9.15 Å².